The van der Waals surface area contributed by atoms with Crippen LogP contribution < -0.4 is 14.6 Å². The molecule has 0 amide bonds. The van der Waals surface area contributed by atoms with Crippen LogP contribution in [-0.2, 0) is 16.6 Å². The second kappa shape index (κ2) is 7.29. The van der Waals surface area contributed by atoms with Crippen molar-refractivity contribution in [1.82, 2.24) is 4.31 Å². The highest BCUT2D eigenvalue weighted by molar-refractivity contribution is 7.89. The van der Waals surface area contributed by atoms with E-state index < -0.39 is 10.0 Å². The van der Waals surface area contributed by atoms with Gasteiger partial charge in [-0.3, -0.25) is 0 Å². The van der Waals surface area contributed by atoms with Crippen molar-refractivity contribution in [2.45, 2.75) is 11.4 Å². The number of aromatic nitrogens is 1. The summed E-state index contributed by atoms with van der Waals surface area (Å²) in [6.07, 6.45) is 1.92. The fraction of sp³-hybridized carbons (Fsp3) is 0.353. The molecule has 2 N–H and O–H groups in total. The van der Waals surface area contributed by atoms with E-state index in [1.807, 2.05) is 18.3 Å². The molecule has 0 spiro atoms. The van der Waals surface area contributed by atoms with E-state index in [4.69, 9.17) is 4.74 Å². The molecule has 1 aromatic heterocycles. The number of nitrogens with one attached hydrogen (secondary N) is 2. The summed E-state index contributed by atoms with van der Waals surface area (Å²) in [6.45, 7) is 3.57. The van der Waals surface area contributed by atoms with Gasteiger partial charge in [-0.05, 0) is 30.3 Å². The Balaban J connectivity index is 1.62. The Morgan fingerprint density at radius 3 is 2.42 bits per heavy atom. The van der Waals surface area contributed by atoms with Crippen LogP contribution in [0, 0.1) is 0 Å². The van der Waals surface area contributed by atoms with Crippen LogP contribution in [-0.4, -0.2) is 46.0 Å². The lowest BCUT2D eigenvalue weighted by atomic mass is 10.3. The molecule has 0 aliphatic carbocycles. The molecule has 0 saturated carbocycles. The zero-order valence-corrected chi connectivity index (χ0v) is 14.6. The number of methoxy groups -OCH3 is 1. The Morgan fingerprint density at radius 1 is 1.12 bits per heavy atom. The maximum absolute atomic E-state index is 12.7. The first-order valence-corrected chi connectivity index (χ1v) is 9.47. The van der Waals surface area contributed by atoms with Crippen molar-refractivity contribution in [3.05, 3.63) is 54.4 Å². The van der Waals surface area contributed by atoms with E-state index in [0.717, 1.165) is 19.6 Å². The minimum Gasteiger partial charge on any atom is -0.497 e. The number of rotatable bonds is 5. The Morgan fingerprint density at radius 2 is 1.83 bits per heavy atom. The van der Waals surface area contributed by atoms with Crippen LogP contribution >= 0.6 is 0 Å². The van der Waals surface area contributed by atoms with Crippen LogP contribution in [0.4, 0.5) is 0 Å². The van der Waals surface area contributed by atoms with Crippen molar-refractivity contribution in [3.8, 4) is 5.75 Å². The Labute approximate surface area is 142 Å². The number of nitrogens with zero attached hydrogens (tertiary/aromatic N) is 1. The molecule has 1 aromatic carbocycles. The number of aromatic amines is 1. The van der Waals surface area contributed by atoms with Crippen LogP contribution in [0.1, 0.15) is 5.69 Å². The van der Waals surface area contributed by atoms with Crippen LogP contribution in [0.2, 0.25) is 0 Å². The summed E-state index contributed by atoms with van der Waals surface area (Å²) < 4.78 is 32.1. The molecule has 1 fully saturated rings. The quantitative estimate of drug-likeness (QED) is 0.799. The summed E-state index contributed by atoms with van der Waals surface area (Å²) in [7, 11) is -1.86. The summed E-state index contributed by atoms with van der Waals surface area (Å²) in [4.78, 5) is 4.94. The second-order valence-corrected chi connectivity index (χ2v) is 7.83. The predicted molar refractivity (Wildman–Crippen MR) is 89.2 cm³/mol. The number of ether oxygens (including phenoxy) is 1. The normalized spacial score (nSPS) is 16.9. The first kappa shape index (κ1) is 16.9. The molecule has 2 heterocycles. The van der Waals surface area contributed by atoms with E-state index in [0.29, 0.717) is 23.7 Å². The lowest BCUT2D eigenvalue weighted by Crippen LogP contribution is -3.13. The van der Waals surface area contributed by atoms with Gasteiger partial charge in [-0.15, -0.1) is 0 Å². The smallest absolute Gasteiger partial charge is 0.243 e. The van der Waals surface area contributed by atoms with Crippen LogP contribution in [0.3, 0.4) is 0 Å². The molecule has 0 bridgehead atoms. The van der Waals surface area contributed by atoms with Crippen molar-refractivity contribution < 1.29 is 23.0 Å². The number of hydrogen-bond donors (Lipinski definition) is 1. The van der Waals surface area contributed by atoms with E-state index in [2.05, 4.69) is 11.1 Å². The number of sulfonamides is 1. The highest BCUT2D eigenvalue weighted by Gasteiger charge is 2.30. The summed E-state index contributed by atoms with van der Waals surface area (Å²) in [6, 6.07) is 12.6. The van der Waals surface area contributed by atoms with E-state index in [-0.39, 0.29) is 0 Å². The minimum absolute atomic E-state index is 0.322. The molecule has 3 rings (SSSR count). The number of quaternary nitrogens is 1. The highest BCUT2D eigenvalue weighted by Crippen LogP contribution is 2.19. The van der Waals surface area contributed by atoms with Crippen LogP contribution in [0.25, 0.3) is 0 Å². The van der Waals surface area contributed by atoms with Gasteiger partial charge in [0.25, 0.3) is 0 Å². The van der Waals surface area contributed by atoms with Gasteiger partial charge in [0.2, 0.25) is 15.7 Å². The zero-order valence-electron chi connectivity index (χ0n) is 13.7. The van der Waals surface area contributed by atoms with Crippen molar-refractivity contribution in [2.24, 2.45) is 0 Å². The summed E-state index contributed by atoms with van der Waals surface area (Å²) in [5, 5.41) is 0. The molecule has 0 atom stereocenters. The van der Waals surface area contributed by atoms with Crippen molar-refractivity contribution in [2.75, 3.05) is 33.3 Å². The van der Waals surface area contributed by atoms with Gasteiger partial charge >= 0.3 is 0 Å². The lowest BCUT2D eigenvalue weighted by Gasteiger charge is -2.30. The fourth-order valence-corrected chi connectivity index (χ4v) is 4.37. The second-order valence-electron chi connectivity index (χ2n) is 5.89. The van der Waals surface area contributed by atoms with E-state index in [1.54, 1.807) is 35.7 Å². The highest BCUT2D eigenvalue weighted by atomic mass is 32.2. The molecule has 24 heavy (non-hydrogen) atoms. The maximum atomic E-state index is 12.7. The van der Waals surface area contributed by atoms with Crippen molar-refractivity contribution >= 4 is 10.0 Å². The third kappa shape index (κ3) is 3.75. The van der Waals surface area contributed by atoms with Crippen LogP contribution in [0.15, 0.2) is 53.6 Å². The summed E-state index contributed by atoms with van der Waals surface area (Å²) in [5.74, 6) is 0.655. The van der Waals surface area contributed by atoms with Gasteiger partial charge < -0.3 is 9.64 Å². The molecular formula is C17H23N3O3S+2. The Kier molecular flexibility index (Phi) is 5.13. The molecule has 1 aliphatic rings. The summed E-state index contributed by atoms with van der Waals surface area (Å²) in [5.41, 5.74) is 1.17. The fourth-order valence-electron chi connectivity index (χ4n) is 2.93. The first-order valence-electron chi connectivity index (χ1n) is 8.03. The van der Waals surface area contributed by atoms with E-state index >= 15 is 0 Å². The number of piperazine rings is 1. The molecule has 0 radical (unpaired) electrons. The predicted octanol–water partition coefficient (Wildman–Crippen LogP) is -0.401. The molecule has 1 saturated heterocycles. The van der Waals surface area contributed by atoms with Gasteiger partial charge in [-0.2, -0.15) is 4.31 Å². The standard InChI is InChI=1S/C17H21N3O3S/c1-23-16-5-7-17(8-6-16)24(21,22)20-12-10-19(11-13-20)14-15-4-2-3-9-18-15/h2-9H,10-14H2,1H3/p+2. The van der Waals surface area contributed by atoms with Gasteiger partial charge in [0, 0.05) is 12.1 Å². The molecule has 7 heteroatoms. The van der Waals surface area contributed by atoms with Crippen molar-refractivity contribution in [1.29, 1.82) is 0 Å². The number of H-pyrrole nitrogens is 1. The largest absolute Gasteiger partial charge is 0.497 e. The van der Waals surface area contributed by atoms with Gasteiger partial charge in [0.05, 0.1) is 38.2 Å². The average molecular weight is 349 g/mol. The average Bonchev–Trinajstić information content (AvgIpc) is 2.63. The minimum atomic E-state index is -3.43. The monoisotopic (exact) mass is 349 g/mol. The molecule has 6 nitrogen and oxygen atoms in total. The first-order chi connectivity index (χ1) is 11.6. The zero-order chi connectivity index (χ0) is 17.0. The summed E-state index contributed by atoms with van der Waals surface area (Å²) >= 11 is 0. The van der Waals surface area contributed by atoms with Gasteiger partial charge in [0.15, 0.2) is 12.7 Å². The molecule has 128 valence electrons. The van der Waals surface area contributed by atoms with Crippen molar-refractivity contribution in [3.63, 3.8) is 0 Å². The number of pyridine rings is 1. The van der Waals surface area contributed by atoms with E-state index in [9.17, 15) is 8.42 Å². The number of benzene rings is 1. The third-order valence-corrected chi connectivity index (χ3v) is 6.25. The van der Waals surface area contributed by atoms with E-state index in [1.165, 1.54) is 10.6 Å². The molecule has 2 aromatic rings. The van der Waals surface area contributed by atoms with Crippen LogP contribution in [0.5, 0.6) is 5.75 Å². The maximum Gasteiger partial charge on any atom is 0.243 e. The van der Waals surface area contributed by atoms with Gasteiger partial charge in [-0.25, -0.2) is 13.4 Å². The Hall–Kier alpha value is -1.96. The topological polar surface area (TPSA) is 65.2 Å². The number of hydrogen-bond acceptors (Lipinski definition) is 3. The molecule has 1 aliphatic heterocycles. The molecule has 0 unspecified atom stereocenters. The SMILES string of the molecule is COc1ccc(S(=O)(=O)N2CC[NH+](Cc3cccc[nH+]3)CC2)cc1. The van der Waals surface area contributed by atoms with Gasteiger partial charge in [-0.1, -0.05) is 0 Å². The third-order valence-electron chi connectivity index (χ3n) is 4.34. The Bertz CT molecular complexity index is 755. The molecular weight excluding hydrogens is 326 g/mol. The lowest BCUT2D eigenvalue weighted by molar-refractivity contribution is -0.921. The van der Waals surface area contributed by atoms with Gasteiger partial charge in [0.1, 0.15) is 5.75 Å².